The molecule has 1 heterocycles. The largest absolute Gasteiger partial charge is 0.356 e. The zero-order valence-corrected chi connectivity index (χ0v) is 17.5. The van der Waals surface area contributed by atoms with Gasteiger partial charge in [-0.15, -0.1) is 0 Å². The first-order valence-corrected chi connectivity index (χ1v) is 11.7. The molecule has 0 bridgehead atoms. The van der Waals surface area contributed by atoms with Gasteiger partial charge in [0.15, 0.2) is 5.96 Å². The number of benzene rings is 1. The van der Waals surface area contributed by atoms with Crippen molar-refractivity contribution in [1.29, 1.82) is 0 Å². The quantitative estimate of drug-likeness (QED) is 0.536. The zero-order chi connectivity index (χ0) is 19.0. The lowest BCUT2D eigenvalue weighted by molar-refractivity contribution is 0.443. The molecule has 1 aliphatic heterocycles. The van der Waals surface area contributed by atoms with Gasteiger partial charge in [-0.2, -0.15) is 11.8 Å². The summed E-state index contributed by atoms with van der Waals surface area (Å²) >= 11 is 1.81. The Morgan fingerprint density at radius 2 is 1.73 bits per heavy atom. The number of nitrogens with zero attached hydrogens (tertiary/aromatic N) is 2. The number of sulfonamides is 1. The SMILES string of the molecule is CN=C(NCCc1cc(C)cc(C)c1)NCCS(=O)(=O)N1CCSCC1. The molecule has 0 radical (unpaired) electrons. The number of guanidine groups is 1. The third-order valence-corrected chi connectivity index (χ3v) is 7.04. The van der Waals surface area contributed by atoms with Crippen molar-refractivity contribution >= 4 is 27.7 Å². The Morgan fingerprint density at radius 3 is 2.35 bits per heavy atom. The predicted molar refractivity (Wildman–Crippen MR) is 112 cm³/mol. The Hall–Kier alpha value is -1.25. The number of rotatable bonds is 7. The van der Waals surface area contributed by atoms with Gasteiger partial charge < -0.3 is 10.6 Å². The van der Waals surface area contributed by atoms with E-state index in [4.69, 9.17) is 0 Å². The normalized spacial score (nSPS) is 16.5. The minimum absolute atomic E-state index is 0.0927. The Bertz CT molecular complexity index is 694. The van der Waals surface area contributed by atoms with Gasteiger partial charge in [-0.1, -0.05) is 29.3 Å². The summed E-state index contributed by atoms with van der Waals surface area (Å²) in [4.78, 5) is 4.17. The Kier molecular flexibility index (Phi) is 8.24. The second-order valence-electron chi connectivity index (χ2n) is 6.50. The number of aryl methyl sites for hydroxylation is 2. The van der Waals surface area contributed by atoms with E-state index in [1.54, 1.807) is 23.1 Å². The van der Waals surface area contributed by atoms with E-state index < -0.39 is 10.0 Å². The minimum atomic E-state index is -3.19. The van der Waals surface area contributed by atoms with Crippen LogP contribution >= 0.6 is 11.8 Å². The van der Waals surface area contributed by atoms with Gasteiger partial charge in [0.05, 0.1) is 5.75 Å². The smallest absolute Gasteiger partial charge is 0.215 e. The number of aliphatic imine (C=N–C) groups is 1. The van der Waals surface area contributed by atoms with Gasteiger partial charge in [0, 0.05) is 44.7 Å². The van der Waals surface area contributed by atoms with Gasteiger partial charge in [-0.25, -0.2) is 12.7 Å². The molecule has 0 aromatic heterocycles. The molecule has 146 valence electrons. The number of hydrogen-bond acceptors (Lipinski definition) is 4. The molecule has 0 atom stereocenters. The fourth-order valence-electron chi connectivity index (χ4n) is 3.01. The van der Waals surface area contributed by atoms with Crippen molar-refractivity contribution in [3.05, 3.63) is 34.9 Å². The van der Waals surface area contributed by atoms with Crippen molar-refractivity contribution in [1.82, 2.24) is 14.9 Å². The van der Waals surface area contributed by atoms with Gasteiger partial charge in [0.2, 0.25) is 10.0 Å². The fourth-order valence-corrected chi connectivity index (χ4v) is 5.50. The van der Waals surface area contributed by atoms with E-state index >= 15 is 0 Å². The summed E-state index contributed by atoms with van der Waals surface area (Å²) in [6.45, 7) is 6.55. The molecule has 0 amide bonds. The van der Waals surface area contributed by atoms with Gasteiger partial charge in [0.1, 0.15) is 0 Å². The molecule has 1 fully saturated rings. The van der Waals surface area contributed by atoms with E-state index in [0.717, 1.165) is 24.5 Å². The molecule has 0 aliphatic carbocycles. The molecular formula is C18H30N4O2S2. The van der Waals surface area contributed by atoms with E-state index in [1.807, 2.05) is 0 Å². The van der Waals surface area contributed by atoms with E-state index in [9.17, 15) is 8.42 Å². The summed E-state index contributed by atoms with van der Waals surface area (Å²) in [6.07, 6.45) is 0.896. The van der Waals surface area contributed by atoms with Crippen LogP contribution in [0.4, 0.5) is 0 Å². The molecule has 1 saturated heterocycles. The maximum Gasteiger partial charge on any atom is 0.215 e. The molecule has 0 spiro atoms. The summed E-state index contributed by atoms with van der Waals surface area (Å²) in [5, 5.41) is 6.35. The first kappa shape index (κ1) is 21.1. The fraction of sp³-hybridized carbons (Fsp3) is 0.611. The van der Waals surface area contributed by atoms with Crippen molar-refractivity contribution in [2.75, 3.05) is 50.5 Å². The van der Waals surface area contributed by atoms with Crippen molar-refractivity contribution < 1.29 is 8.42 Å². The third-order valence-electron chi connectivity index (χ3n) is 4.23. The molecule has 1 aliphatic rings. The molecule has 8 heteroatoms. The summed E-state index contributed by atoms with van der Waals surface area (Å²) in [7, 11) is -1.49. The van der Waals surface area contributed by atoms with Crippen LogP contribution in [-0.2, 0) is 16.4 Å². The van der Waals surface area contributed by atoms with E-state index in [0.29, 0.717) is 25.6 Å². The maximum absolute atomic E-state index is 12.3. The lowest BCUT2D eigenvalue weighted by atomic mass is 10.1. The van der Waals surface area contributed by atoms with E-state index in [1.165, 1.54) is 16.7 Å². The average molecular weight is 399 g/mol. The molecule has 0 saturated carbocycles. The Balaban J connectivity index is 1.73. The van der Waals surface area contributed by atoms with Gasteiger partial charge in [0.25, 0.3) is 0 Å². The highest BCUT2D eigenvalue weighted by Crippen LogP contribution is 2.13. The highest BCUT2D eigenvalue weighted by Gasteiger charge is 2.23. The molecular weight excluding hydrogens is 368 g/mol. The first-order valence-electron chi connectivity index (χ1n) is 8.98. The van der Waals surface area contributed by atoms with Crippen LogP contribution in [-0.4, -0.2) is 69.2 Å². The topological polar surface area (TPSA) is 73.8 Å². The van der Waals surface area contributed by atoms with Crippen molar-refractivity contribution in [3.63, 3.8) is 0 Å². The van der Waals surface area contributed by atoms with E-state index in [2.05, 4.69) is 47.7 Å². The van der Waals surface area contributed by atoms with Crippen molar-refractivity contribution in [2.45, 2.75) is 20.3 Å². The van der Waals surface area contributed by atoms with Gasteiger partial charge in [-0.3, -0.25) is 4.99 Å². The standard InChI is InChI=1S/C18H30N4O2S2/c1-15-12-16(2)14-17(13-15)4-5-20-18(19-3)21-6-11-26(23,24)22-7-9-25-10-8-22/h12-14H,4-11H2,1-3H3,(H2,19,20,21). The number of hydrogen-bond donors (Lipinski definition) is 2. The molecule has 6 nitrogen and oxygen atoms in total. The average Bonchev–Trinajstić information content (AvgIpc) is 2.60. The molecule has 2 N–H and O–H groups in total. The third kappa shape index (κ3) is 6.81. The highest BCUT2D eigenvalue weighted by atomic mass is 32.2. The van der Waals surface area contributed by atoms with Gasteiger partial charge >= 0.3 is 0 Å². The number of thioether (sulfide) groups is 1. The summed E-state index contributed by atoms with van der Waals surface area (Å²) in [6, 6.07) is 6.54. The van der Waals surface area contributed by atoms with Crippen molar-refractivity contribution in [2.24, 2.45) is 4.99 Å². The van der Waals surface area contributed by atoms with Crippen LogP contribution in [0.15, 0.2) is 23.2 Å². The maximum atomic E-state index is 12.3. The second-order valence-corrected chi connectivity index (χ2v) is 9.81. The first-order chi connectivity index (χ1) is 12.4. The predicted octanol–water partition coefficient (Wildman–Crippen LogP) is 1.39. The van der Waals surface area contributed by atoms with Crippen LogP contribution in [0.5, 0.6) is 0 Å². The molecule has 1 aromatic rings. The Labute approximate surface area is 161 Å². The monoisotopic (exact) mass is 398 g/mol. The summed E-state index contributed by atoms with van der Waals surface area (Å²) in [5.74, 6) is 2.50. The van der Waals surface area contributed by atoms with Crippen LogP contribution in [0.25, 0.3) is 0 Å². The molecule has 0 unspecified atom stereocenters. The van der Waals surface area contributed by atoms with Crippen LogP contribution in [0.1, 0.15) is 16.7 Å². The van der Waals surface area contributed by atoms with Crippen LogP contribution in [0.2, 0.25) is 0 Å². The summed E-state index contributed by atoms with van der Waals surface area (Å²) in [5.41, 5.74) is 3.82. The minimum Gasteiger partial charge on any atom is -0.356 e. The molecule has 26 heavy (non-hydrogen) atoms. The molecule has 2 rings (SSSR count). The second kappa shape index (κ2) is 10.2. The van der Waals surface area contributed by atoms with Crippen LogP contribution in [0.3, 0.4) is 0 Å². The molecule has 1 aromatic carbocycles. The lowest BCUT2D eigenvalue weighted by Gasteiger charge is -2.25. The Morgan fingerprint density at radius 1 is 1.12 bits per heavy atom. The van der Waals surface area contributed by atoms with Crippen LogP contribution in [0, 0.1) is 13.8 Å². The summed E-state index contributed by atoms with van der Waals surface area (Å²) < 4.78 is 26.3. The van der Waals surface area contributed by atoms with Crippen LogP contribution < -0.4 is 10.6 Å². The highest BCUT2D eigenvalue weighted by molar-refractivity contribution is 7.99. The number of nitrogens with one attached hydrogen (secondary N) is 2. The van der Waals surface area contributed by atoms with Gasteiger partial charge in [-0.05, 0) is 25.8 Å². The van der Waals surface area contributed by atoms with E-state index in [-0.39, 0.29) is 5.75 Å². The zero-order valence-electron chi connectivity index (χ0n) is 15.9. The van der Waals surface area contributed by atoms with Crippen molar-refractivity contribution in [3.8, 4) is 0 Å². The lowest BCUT2D eigenvalue weighted by Crippen LogP contribution is -2.44.